The molecule has 0 aromatic heterocycles. The van der Waals surface area contributed by atoms with Crippen LogP contribution in [0.5, 0.6) is 5.75 Å². The molecule has 0 fully saturated rings. The quantitative estimate of drug-likeness (QED) is 0.357. The average Bonchev–Trinajstić information content (AvgIpc) is 2.87. The van der Waals surface area contributed by atoms with Crippen molar-refractivity contribution in [3.05, 3.63) is 99.6 Å². The summed E-state index contributed by atoms with van der Waals surface area (Å²) in [7, 11) is 0. The van der Waals surface area contributed by atoms with Crippen LogP contribution in [-0.2, 0) is 22.6 Å². The van der Waals surface area contributed by atoms with Gasteiger partial charge in [0.25, 0.3) is 5.91 Å². The smallest absolute Gasteiger partial charge is 0.261 e. The van der Waals surface area contributed by atoms with Gasteiger partial charge in [0.2, 0.25) is 5.91 Å². The summed E-state index contributed by atoms with van der Waals surface area (Å²) in [5.41, 5.74) is 4.90. The predicted molar refractivity (Wildman–Crippen MR) is 145 cm³/mol. The molecule has 0 radical (unpaired) electrons. The number of nitrogens with one attached hydrogen (secondary N) is 1. The van der Waals surface area contributed by atoms with Gasteiger partial charge in [0.15, 0.2) is 6.61 Å². The lowest BCUT2D eigenvalue weighted by Gasteiger charge is -2.32. The lowest BCUT2D eigenvalue weighted by molar-refractivity contribution is -0.142. The molecule has 1 unspecified atom stereocenters. The van der Waals surface area contributed by atoms with Crippen molar-refractivity contribution in [1.29, 1.82) is 0 Å². The first kappa shape index (κ1) is 27.3. The minimum absolute atomic E-state index is 0.180. The van der Waals surface area contributed by atoms with E-state index in [1.54, 1.807) is 11.0 Å². The second-order valence-corrected chi connectivity index (χ2v) is 9.51. The largest absolute Gasteiger partial charge is 0.483 e. The van der Waals surface area contributed by atoms with E-state index < -0.39 is 6.04 Å². The van der Waals surface area contributed by atoms with E-state index in [0.29, 0.717) is 23.7 Å². The molecule has 0 saturated carbocycles. The van der Waals surface area contributed by atoms with Crippen LogP contribution in [0.1, 0.15) is 41.2 Å². The molecular formula is C30H35ClN2O3. The molecule has 0 aliphatic carbocycles. The standard InChI is InChI=1S/C30H35ClN2O3/c1-5-15-32-30(35)27(18-24-11-7-6-8-12-24)33(19-25-13-9-10-14-26(25)31)29(34)20-36-28-17-21(2)16-22(3)23(28)4/h6-14,16-17,27H,5,15,18-20H2,1-4H3,(H,32,35). The van der Waals surface area contributed by atoms with Crippen LogP contribution in [0.4, 0.5) is 0 Å². The van der Waals surface area contributed by atoms with Gasteiger partial charge in [0.1, 0.15) is 11.8 Å². The summed E-state index contributed by atoms with van der Waals surface area (Å²) in [6.07, 6.45) is 1.19. The van der Waals surface area contributed by atoms with Gasteiger partial charge in [0.05, 0.1) is 0 Å². The molecule has 0 spiro atoms. The zero-order chi connectivity index (χ0) is 26.1. The third-order valence-corrected chi connectivity index (χ3v) is 6.60. The van der Waals surface area contributed by atoms with Gasteiger partial charge < -0.3 is 15.0 Å². The number of aryl methyl sites for hydroxylation is 2. The summed E-state index contributed by atoms with van der Waals surface area (Å²) in [6.45, 7) is 8.56. The Bertz CT molecular complexity index is 1180. The predicted octanol–water partition coefficient (Wildman–Crippen LogP) is 5.81. The molecule has 0 aliphatic rings. The number of carbonyl (C=O) groups is 2. The first-order valence-corrected chi connectivity index (χ1v) is 12.7. The third kappa shape index (κ3) is 7.34. The second-order valence-electron chi connectivity index (χ2n) is 9.10. The number of carbonyl (C=O) groups excluding carboxylic acids is 2. The number of hydrogen-bond acceptors (Lipinski definition) is 3. The minimum atomic E-state index is -0.716. The van der Waals surface area contributed by atoms with Crippen LogP contribution in [0.2, 0.25) is 5.02 Å². The zero-order valence-corrected chi connectivity index (χ0v) is 22.3. The molecule has 3 aromatic rings. The van der Waals surface area contributed by atoms with Crippen LogP contribution in [-0.4, -0.2) is 35.9 Å². The average molecular weight is 507 g/mol. The van der Waals surface area contributed by atoms with Crippen LogP contribution in [0, 0.1) is 20.8 Å². The molecule has 2 amide bonds. The molecule has 36 heavy (non-hydrogen) atoms. The van der Waals surface area contributed by atoms with Gasteiger partial charge in [-0.25, -0.2) is 0 Å². The minimum Gasteiger partial charge on any atom is -0.483 e. The Morgan fingerprint density at radius 2 is 1.69 bits per heavy atom. The van der Waals surface area contributed by atoms with E-state index in [2.05, 4.69) is 11.4 Å². The third-order valence-electron chi connectivity index (χ3n) is 6.23. The molecule has 6 heteroatoms. The van der Waals surface area contributed by atoms with Gasteiger partial charge in [-0.1, -0.05) is 73.1 Å². The highest BCUT2D eigenvalue weighted by molar-refractivity contribution is 6.31. The molecule has 1 atom stereocenters. The van der Waals surface area contributed by atoms with E-state index in [-0.39, 0.29) is 25.0 Å². The Kier molecular flexibility index (Phi) is 9.95. The second kappa shape index (κ2) is 13.1. The Labute approximate surface area is 219 Å². The topological polar surface area (TPSA) is 58.6 Å². The van der Waals surface area contributed by atoms with Crippen molar-refractivity contribution in [1.82, 2.24) is 10.2 Å². The van der Waals surface area contributed by atoms with Gasteiger partial charge in [0, 0.05) is 24.5 Å². The fourth-order valence-electron chi connectivity index (χ4n) is 4.10. The molecule has 0 aliphatic heterocycles. The number of rotatable bonds is 11. The Hall–Kier alpha value is -3.31. The Morgan fingerprint density at radius 1 is 1.00 bits per heavy atom. The van der Waals surface area contributed by atoms with Crippen molar-refractivity contribution in [3.63, 3.8) is 0 Å². The Balaban J connectivity index is 1.93. The maximum absolute atomic E-state index is 13.7. The van der Waals surface area contributed by atoms with Crippen LogP contribution < -0.4 is 10.1 Å². The van der Waals surface area contributed by atoms with Crippen molar-refractivity contribution < 1.29 is 14.3 Å². The van der Waals surface area contributed by atoms with Crippen molar-refractivity contribution in [2.45, 2.75) is 53.1 Å². The van der Waals surface area contributed by atoms with Crippen molar-refractivity contribution in [2.75, 3.05) is 13.2 Å². The normalized spacial score (nSPS) is 11.6. The molecule has 190 valence electrons. The number of amides is 2. The fraction of sp³-hybridized carbons (Fsp3) is 0.333. The van der Waals surface area contributed by atoms with Crippen LogP contribution in [0.3, 0.4) is 0 Å². The highest BCUT2D eigenvalue weighted by Crippen LogP contribution is 2.24. The van der Waals surface area contributed by atoms with E-state index in [0.717, 1.165) is 34.2 Å². The number of ether oxygens (including phenoxy) is 1. The van der Waals surface area contributed by atoms with Crippen LogP contribution >= 0.6 is 11.6 Å². The molecule has 1 N–H and O–H groups in total. The van der Waals surface area contributed by atoms with Crippen molar-refractivity contribution >= 4 is 23.4 Å². The summed E-state index contributed by atoms with van der Waals surface area (Å²) in [5.74, 6) is 0.207. The van der Waals surface area contributed by atoms with E-state index in [9.17, 15) is 9.59 Å². The summed E-state index contributed by atoms with van der Waals surface area (Å²) in [4.78, 5) is 28.7. The number of halogens is 1. The van der Waals surface area contributed by atoms with Crippen molar-refractivity contribution in [2.24, 2.45) is 0 Å². The van der Waals surface area contributed by atoms with Crippen LogP contribution in [0.25, 0.3) is 0 Å². The Morgan fingerprint density at radius 3 is 2.39 bits per heavy atom. The highest BCUT2D eigenvalue weighted by atomic mass is 35.5. The molecule has 3 rings (SSSR count). The highest BCUT2D eigenvalue weighted by Gasteiger charge is 2.31. The molecule has 5 nitrogen and oxygen atoms in total. The lowest BCUT2D eigenvalue weighted by atomic mass is 10.0. The number of nitrogens with zero attached hydrogens (tertiary/aromatic N) is 1. The van der Waals surface area contributed by atoms with E-state index in [1.807, 2.05) is 82.3 Å². The number of hydrogen-bond donors (Lipinski definition) is 1. The first-order valence-electron chi connectivity index (χ1n) is 12.3. The maximum atomic E-state index is 13.7. The van der Waals surface area contributed by atoms with Gasteiger partial charge in [-0.05, 0) is 67.1 Å². The molecule has 0 bridgehead atoms. The van der Waals surface area contributed by atoms with E-state index in [1.165, 1.54) is 0 Å². The SMILES string of the molecule is CCCNC(=O)C(Cc1ccccc1)N(Cc1ccccc1Cl)C(=O)COc1cc(C)cc(C)c1C. The lowest BCUT2D eigenvalue weighted by Crippen LogP contribution is -2.51. The van der Waals surface area contributed by atoms with Crippen molar-refractivity contribution in [3.8, 4) is 5.75 Å². The fourth-order valence-corrected chi connectivity index (χ4v) is 4.30. The van der Waals surface area contributed by atoms with E-state index in [4.69, 9.17) is 16.3 Å². The van der Waals surface area contributed by atoms with Gasteiger partial charge >= 0.3 is 0 Å². The molecule has 0 saturated heterocycles. The summed E-state index contributed by atoms with van der Waals surface area (Å²) >= 11 is 6.46. The first-order chi connectivity index (χ1) is 17.3. The van der Waals surface area contributed by atoms with Gasteiger partial charge in [-0.2, -0.15) is 0 Å². The maximum Gasteiger partial charge on any atom is 0.261 e. The summed E-state index contributed by atoms with van der Waals surface area (Å²) < 4.78 is 6.01. The van der Waals surface area contributed by atoms with E-state index >= 15 is 0 Å². The summed E-state index contributed by atoms with van der Waals surface area (Å²) in [5, 5.41) is 3.53. The monoisotopic (exact) mass is 506 g/mol. The van der Waals surface area contributed by atoms with Gasteiger partial charge in [-0.3, -0.25) is 9.59 Å². The zero-order valence-electron chi connectivity index (χ0n) is 21.5. The van der Waals surface area contributed by atoms with Gasteiger partial charge in [-0.15, -0.1) is 0 Å². The molecular weight excluding hydrogens is 472 g/mol. The number of benzene rings is 3. The summed E-state index contributed by atoms with van der Waals surface area (Å²) in [6, 6.07) is 20.4. The van der Waals surface area contributed by atoms with Crippen LogP contribution in [0.15, 0.2) is 66.7 Å². The molecule has 0 heterocycles. The molecule has 3 aromatic carbocycles.